The summed E-state index contributed by atoms with van der Waals surface area (Å²) in [7, 11) is -2.65. The van der Waals surface area contributed by atoms with E-state index in [1.165, 1.54) is 24.1 Å². The van der Waals surface area contributed by atoms with Crippen LogP contribution in [-0.4, -0.2) is 51.4 Å². The molecular weight excluding hydrogens is 502 g/mol. The molecule has 0 unspecified atom stereocenters. The number of hydrogen-bond donors (Lipinski definition) is 1. The maximum absolute atomic E-state index is 14.0. The van der Waals surface area contributed by atoms with E-state index in [4.69, 9.17) is 4.74 Å². The number of carbonyl (C=O) groups is 2. The van der Waals surface area contributed by atoms with Crippen LogP contribution in [0.4, 0.5) is 5.69 Å². The number of benzene rings is 3. The van der Waals surface area contributed by atoms with Crippen LogP contribution in [0.2, 0.25) is 0 Å². The van der Waals surface area contributed by atoms with Crippen LogP contribution in [0.3, 0.4) is 0 Å². The van der Waals surface area contributed by atoms with E-state index < -0.39 is 28.5 Å². The molecule has 9 heteroatoms. The van der Waals surface area contributed by atoms with E-state index in [0.717, 1.165) is 15.4 Å². The Bertz CT molecular complexity index is 1330. The Labute approximate surface area is 225 Å². The highest BCUT2D eigenvalue weighted by molar-refractivity contribution is 7.92. The summed E-state index contributed by atoms with van der Waals surface area (Å²) in [5.41, 5.74) is 1.98. The van der Waals surface area contributed by atoms with Gasteiger partial charge in [-0.3, -0.25) is 13.9 Å². The molecule has 3 rings (SSSR count). The Hall–Kier alpha value is -3.85. The highest BCUT2D eigenvalue weighted by atomic mass is 32.2. The minimum absolute atomic E-state index is 0.0511. The Balaban J connectivity index is 2.10. The van der Waals surface area contributed by atoms with E-state index in [-0.39, 0.29) is 23.0 Å². The van der Waals surface area contributed by atoms with Gasteiger partial charge in [0, 0.05) is 13.6 Å². The normalized spacial score (nSPS) is 11.9. The first-order valence-corrected chi connectivity index (χ1v) is 14.0. The summed E-state index contributed by atoms with van der Waals surface area (Å²) in [6.45, 7) is 5.44. The fraction of sp³-hybridized carbons (Fsp3) is 0.310. The summed E-state index contributed by atoms with van der Waals surface area (Å²) in [5, 5.41) is 2.62. The van der Waals surface area contributed by atoms with Gasteiger partial charge in [-0.2, -0.15) is 0 Å². The Morgan fingerprint density at radius 1 is 0.921 bits per heavy atom. The van der Waals surface area contributed by atoms with Crippen LogP contribution in [0.5, 0.6) is 5.75 Å². The van der Waals surface area contributed by atoms with E-state index >= 15 is 0 Å². The van der Waals surface area contributed by atoms with Crippen molar-refractivity contribution in [3.63, 3.8) is 0 Å². The predicted octanol–water partition coefficient (Wildman–Crippen LogP) is 4.14. The Morgan fingerprint density at radius 2 is 1.55 bits per heavy atom. The molecule has 3 aromatic rings. The first kappa shape index (κ1) is 28.7. The van der Waals surface area contributed by atoms with Gasteiger partial charge < -0.3 is 15.0 Å². The largest absolute Gasteiger partial charge is 0.492 e. The molecule has 0 heterocycles. The first-order valence-electron chi connectivity index (χ1n) is 12.6. The summed E-state index contributed by atoms with van der Waals surface area (Å²) in [5.74, 6) is -0.489. The maximum Gasteiger partial charge on any atom is 0.264 e. The lowest BCUT2D eigenvalue weighted by Crippen LogP contribution is -2.51. The smallest absolute Gasteiger partial charge is 0.264 e. The maximum atomic E-state index is 14.0. The van der Waals surface area contributed by atoms with Crippen molar-refractivity contribution in [1.82, 2.24) is 10.2 Å². The van der Waals surface area contributed by atoms with Gasteiger partial charge in [-0.1, -0.05) is 67.1 Å². The predicted molar refractivity (Wildman–Crippen MR) is 148 cm³/mol. The second kappa shape index (κ2) is 13.1. The van der Waals surface area contributed by atoms with E-state index in [9.17, 15) is 18.0 Å². The van der Waals surface area contributed by atoms with Crippen molar-refractivity contribution in [3.05, 3.63) is 90.0 Å². The zero-order valence-electron chi connectivity index (χ0n) is 22.3. The van der Waals surface area contributed by atoms with Gasteiger partial charge in [0.2, 0.25) is 11.8 Å². The minimum atomic E-state index is -4.17. The van der Waals surface area contributed by atoms with E-state index in [2.05, 4.69) is 5.32 Å². The molecule has 0 aliphatic heterocycles. The third kappa shape index (κ3) is 6.72. The van der Waals surface area contributed by atoms with Crippen LogP contribution in [-0.2, 0) is 26.2 Å². The second-order valence-corrected chi connectivity index (χ2v) is 10.6. The molecule has 8 nitrogen and oxygen atoms in total. The number of amides is 2. The van der Waals surface area contributed by atoms with Crippen molar-refractivity contribution in [3.8, 4) is 5.75 Å². The summed E-state index contributed by atoms with van der Waals surface area (Å²) >= 11 is 0. The molecule has 0 aliphatic rings. The minimum Gasteiger partial charge on any atom is -0.492 e. The number of likely N-dealkylation sites (N-methyl/N-ethyl adjacent to an activating group) is 1. The molecule has 0 spiro atoms. The van der Waals surface area contributed by atoms with Crippen molar-refractivity contribution in [2.24, 2.45) is 0 Å². The zero-order valence-corrected chi connectivity index (χ0v) is 23.1. The molecule has 0 saturated heterocycles. The van der Waals surface area contributed by atoms with Gasteiger partial charge in [0.1, 0.15) is 18.3 Å². The fourth-order valence-electron chi connectivity index (χ4n) is 4.16. The number of rotatable bonds is 12. The number of carbonyl (C=O) groups excluding carboxylic acids is 2. The van der Waals surface area contributed by atoms with Gasteiger partial charge in [0.15, 0.2) is 0 Å². The lowest BCUT2D eigenvalue weighted by atomic mass is 10.1. The van der Waals surface area contributed by atoms with Crippen molar-refractivity contribution in [2.45, 2.75) is 44.7 Å². The van der Waals surface area contributed by atoms with Crippen LogP contribution in [0, 0.1) is 6.92 Å². The Morgan fingerprint density at radius 3 is 2.16 bits per heavy atom. The van der Waals surface area contributed by atoms with E-state index in [1.807, 2.05) is 44.2 Å². The highest BCUT2D eigenvalue weighted by Gasteiger charge is 2.34. The molecule has 0 aromatic heterocycles. The number of sulfonamides is 1. The SMILES string of the molecule is CCOc1ccccc1N(CC(=O)N(Cc1ccccc1)[C@H](CC)C(=O)NC)S(=O)(=O)c1ccc(C)cc1. The molecule has 0 radical (unpaired) electrons. The Kier molecular flexibility index (Phi) is 9.90. The van der Waals surface area contributed by atoms with Crippen LogP contribution in [0.15, 0.2) is 83.8 Å². The van der Waals surface area contributed by atoms with Gasteiger partial charge in [-0.25, -0.2) is 8.42 Å². The van der Waals surface area contributed by atoms with Gasteiger partial charge in [-0.15, -0.1) is 0 Å². The lowest BCUT2D eigenvalue weighted by molar-refractivity contribution is -0.140. The molecule has 0 saturated carbocycles. The summed E-state index contributed by atoms with van der Waals surface area (Å²) < 4.78 is 34.7. The summed E-state index contributed by atoms with van der Waals surface area (Å²) in [4.78, 5) is 28.2. The van der Waals surface area contributed by atoms with Gasteiger partial charge >= 0.3 is 0 Å². The molecule has 2 amide bonds. The number of para-hydroxylation sites is 2. The van der Waals surface area contributed by atoms with Gasteiger partial charge in [0.25, 0.3) is 10.0 Å². The quantitative estimate of drug-likeness (QED) is 0.375. The molecular formula is C29H35N3O5S. The number of nitrogens with zero attached hydrogens (tertiary/aromatic N) is 2. The number of nitrogens with one attached hydrogen (secondary N) is 1. The number of hydrogen-bond acceptors (Lipinski definition) is 5. The lowest BCUT2D eigenvalue weighted by Gasteiger charge is -2.33. The third-order valence-corrected chi connectivity index (χ3v) is 7.92. The molecule has 0 fully saturated rings. The standard InChI is InChI=1S/C29H35N3O5S/c1-5-25(29(34)30-4)31(20-23-12-8-7-9-13-23)28(33)21-32(26-14-10-11-15-27(26)37-6-2)38(35,36)24-18-16-22(3)17-19-24/h7-19,25H,5-6,20-21H2,1-4H3,(H,30,34)/t25-/m1/s1. The molecule has 0 aliphatic carbocycles. The molecule has 1 N–H and O–H groups in total. The third-order valence-electron chi connectivity index (χ3n) is 6.15. The summed E-state index contributed by atoms with van der Waals surface area (Å²) in [6, 6.07) is 21.7. The van der Waals surface area contributed by atoms with Crippen molar-refractivity contribution >= 4 is 27.5 Å². The van der Waals surface area contributed by atoms with Crippen LogP contribution in [0.25, 0.3) is 0 Å². The van der Waals surface area contributed by atoms with Crippen LogP contribution >= 0.6 is 0 Å². The van der Waals surface area contributed by atoms with Crippen molar-refractivity contribution in [2.75, 3.05) is 24.5 Å². The van der Waals surface area contributed by atoms with Crippen molar-refractivity contribution < 1.29 is 22.7 Å². The molecule has 38 heavy (non-hydrogen) atoms. The number of anilines is 1. The molecule has 0 bridgehead atoms. The topological polar surface area (TPSA) is 96.0 Å². The number of aryl methyl sites for hydroxylation is 1. The van der Waals surface area contributed by atoms with Gasteiger partial charge in [0.05, 0.1) is 17.2 Å². The zero-order chi connectivity index (χ0) is 27.7. The van der Waals surface area contributed by atoms with Crippen LogP contribution < -0.4 is 14.4 Å². The average molecular weight is 538 g/mol. The van der Waals surface area contributed by atoms with E-state index in [1.54, 1.807) is 43.3 Å². The number of ether oxygens (including phenoxy) is 1. The fourth-order valence-corrected chi connectivity index (χ4v) is 5.58. The average Bonchev–Trinajstić information content (AvgIpc) is 2.92. The van der Waals surface area contributed by atoms with E-state index in [0.29, 0.717) is 18.8 Å². The monoisotopic (exact) mass is 537 g/mol. The summed E-state index contributed by atoms with van der Waals surface area (Å²) in [6.07, 6.45) is 0.360. The second-order valence-electron chi connectivity index (χ2n) is 8.77. The molecule has 1 atom stereocenters. The van der Waals surface area contributed by atoms with Crippen LogP contribution in [0.1, 0.15) is 31.4 Å². The molecule has 202 valence electrons. The molecule has 3 aromatic carbocycles. The first-order chi connectivity index (χ1) is 18.2. The van der Waals surface area contributed by atoms with Gasteiger partial charge in [-0.05, 0) is 50.1 Å². The highest BCUT2D eigenvalue weighted by Crippen LogP contribution is 2.33. The van der Waals surface area contributed by atoms with Crippen molar-refractivity contribution in [1.29, 1.82) is 0 Å².